The minimum absolute atomic E-state index is 0.982. The molecule has 0 bridgehead atoms. The molecule has 0 rings (SSSR count). The average molecular weight is 134 g/mol. The molecule has 0 heterocycles. The Labute approximate surface area is 63.3 Å². The van der Waals surface area contributed by atoms with E-state index in [9.17, 15) is 0 Å². The first-order valence-corrected chi connectivity index (χ1v) is 3.47. The van der Waals surface area contributed by atoms with Crippen molar-refractivity contribution in [2.75, 3.05) is 0 Å². The van der Waals surface area contributed by atoms with Crippen molar-refractivity contribution in [1.29, 1.82) is 0 Å². The van der Waals surface area contributed by atoms with E-state index in [1.54, 1.807) is 6.08 Å². The Morgan fingerprint density at radius 2 is 1.80 bits per heavy atom. The van der Waals surface area contributed by atoms with E-state index in [2.05, 4.69) is 18.7 Å². The minimum Gasteiger partial charge on any atom is -0.0991 e. The predicted molar refractivity (Wildman–Crippen MR) is 47.9 cm³/mol. The fraction of sp³-hybridized carbons (Fsp3) is 0.200. The van der Waals surface area contributed by atoms with Gasteiger partial charge in [-0.25, -0.2) is 0 Å². The summed E-state index contributed by atoms with van der Waals surface area (Å²) >= 11 is 0. The highest BCUT2D eigenvalue weighted by Crippen LogP contribution is 1.86. The zero-order valence-corrected chi connectivity index (χ0v) is 6.46. The third-order valence-corrected chi connectivity index (χ3v) is 0.984. The molecule has 0 heteroatoms. The van der Waals surface area contributed by atoms with E-state index in [1.807, 2.05) is 31.2 Å². The summed E-state index contributed by atoms with van der Waals surface area (Å²) in [6.07, 6.45) is 14.9. The van der Waals surface area contributed by atoms with Gasteiger partial charge in [0.2, 0.25) is 0 Å². The fourth-order valence-electron chi connectivity index (χ4n) is 0.522. The Hall–Kier alpha value is -1.04. The van der Waals surface area contributed by atoms with Crippen LogP contribution >= 0.6 is 0 Å². The van der Waals surface area contributed by atoms with E-state index in [4.69, 9.17) is 0 Å². The number of hydrogen-bond donors (Lipinski definition) is 0. The molecule has 0 nitrogen and oxygen atoms in total. The summed E-state index contributed by atoms with van der Waals surface area (Å²) < 4.78 is 0. The van der Waals surface area contributed by atoms with E-state index in [1.165, 1.54) is 0 Å². The molecule has 0 spiro atoms. The van der Waals surface area contributed by atoms with E-state index < -0.39 is 0 Å². The lowest BCUT2D eigenvalue weighted by Crippen LogP contribution is -1.55. The van der Waals surface area contributed by atoms with Crippen LogP contribution in [0.25, 0.3) is 0 Å². The second kappa shape index (κ2) is 7.96. The van der Waals surface area contributed by atoms with E-state index in [0.29, 0.717) is 0 Å². The molecular formula is C10H14. The number of allylic oxidation sites excluding steroid dienone is 7. The Bertz CT molecular complexity index is 147. The third-order valence-electron chi connectivity index (χ3n) is 0.984. The van der Waals surface area contributed by atoms with Gasteiger partial charge >= 0.3 is 0 Å². The normalized spacial score (nSPS) is 12.1. The SMILES string of the molecule is C=C/C=C/C/C=C/C=C/C. The van der Waals surface area contributed by atoms with Crippen molar-refractivity contribution < 1.29 is 0 Å². The van der Waals surface area contributed by atoms with Gasteiger partial charge in [-0.3, -0.25) is 0 Å². The van der Waals surface area contributed by atoms with Gasteiger partial charge in [0, 0.05) is 0 Å². The molecule has 0 N–H and O–H groups in total. The maximum atomic E-state index is 3.57. The molecule has 0 aromatic carbocycles. The highest BCUT2D eigenvalue weighted by atomic mass is 13.7. The zero-order chi connectivity index (χ0) is 7.66. The Kier molecular flexibility index (Phi) is 7.13. The zero-order valence-electron chi connectivity index (χ0n) is 6.46. The van der Waals surface area contributed by atoms with Crippen molar-refractivity contribution in [1.82, 2.24) is 0 Å². The van der Waals surface area contributed by atoms with Crippen molar-refractivity contribution in [2.24, 2.45) is 0 Å². The lowest BCUT2D eigenvalue weighted by atomic mass is 10.3. The topological polar surface area (TPSA) is 0 Å². The van der Waals surface area contributed by atoms with Crippen molar-refractivity contribution >= 4 is 0 Å². The van der Waals surface area contributed by atoms with Crippen LogP contribution in [-0.4, -0.2) is 0 Å². The molecule has 0 aromatic heterocycles. The van der Waals surface area contributed by atoms with Crippen molar-refractivity contribution in [3.63, 3.8) is 0 Å². The van der Waals surface area contributed by atoms with Crippen LogP contribution in [0.1, 0.15) is 13.3 Å². The van der Waals surface area contributed by atoms with Crippen LogP contribution in [0.5, 0.6) is 0 Å². The molecule has 0 atom stereocenters. The molecule has 0 aromatic rings. The quantitative estimate of drug-likeness (QED) is 0.518. The molecular weight excluding hydrogens is 120 g/mol. The second-order valence-corrected chi connectivity index (χ2v) is 1.85. The Morgan fingerprint density at radius 1 is 1.10 bits per heavy atom. The molecule has 10 heavy (non-hydrogen) atoms. The van der Waals surface area contributed by atoms with Gasteiger partial charge in [-0.15, -0.1) is 0 Å². The van der Waals surface area contributed by atoms with Gasteiger partial charge in [-0.05, 0) is 13.3 Å². The monoisotopic (exact) mass is 134 g/mol. The highest BCUT2D eigenvalue weighted by Gasteiger charge is 1.65. The summed E-state index contributed by atoms with van der Waals surface area (Å²) in [6, 6.07) is 0. The van der Waals surface area contributed by atoms with E-state index >= 15 is 0 Å². The summed E-state index contributed by atoms with van der Waals surface area (Å²) in [5, 5.41) is 0. The van der Waals surface area contributed by atoms with Crippen LogP contribution in [0.15, 0.2) is 49.1 Å². The summed E-state index contributed by atoms with van der Waals surface area (Å²) in [4.78, 5) is 0. The maximum absolute atomic E-state index is 3.57. The van der Waals surface area contributed by atoms with E-state index in [0.717, 1.165) is 6.42 Å². The van der Waals surface area contributed by atoms with Gasteiger partial charge in [0.05, 0.1) is 0 Å². The summed E-state index contributed by atoms with van der Waals surface area (Å²) in [6.45, 7) is 5.57. The Morgan fingerprint density at radius 3 is 2.40 bits per heavy atom. The third kappa shape index (κ3) is 6.96. The average Bonchev–Trinajstić information content (AvgIpc) is 1.97. The molecule has 0 aliphatic carbocycles. The molecule has 0 aliphatic heterocycles. The van der Waals surface area contributed by atoms with Gasteiger partial charge in [-0.2, -0.15) is 0 Å². The molecule has 0 unspecified atom stereocenters. The largest absolute Gasteiger partial charge is 0.0991 e. The molecule has 0 radical (unpaired) electrons. The van der Waals surface area contributed by atoms with Gasteiger partial charge in [-0.1, -0.05) is 49.1 Å². The molecule has 54 valence electrons. The Balaban J connectivity index is 3.34. The molecule has 0 saturated carbocycles. The van der Waals surface area contributed by atoms with Gasteiger partial charge < -0.3 is 0 Å². The lowest BCUT2D eigenvalue weighted by Gasteiger charge is -1.76. The number of rotatable bonds is 4. The molecule has 0 fully saturated rings. The number of hydrogen-bond acceptors (Lipinski definition) is 0. The maximum Gasteiger partial charge on any atom is -0.0163 e. The van der Waals surface area contributed by atoms with Crippen LogP contribution in [-0.2, 0) is 0 Å². The van der Waals surface area contributed by atoms with Gasteiger partial charge in [0.25, 0.3) is 0 Å². The van der Waals surface area contributed by atoms with Crippen molar-refractivity contribution in [3.8, 4) is 0 Å². The van der Waals surface area contributed by atoms with Crippen LogP contribution in [0.2, 0.25) is 0 Å². The van der Waals surface area contributed by atoms with Crippen molar-refractivity contribution in [2.45, 2.75) is 13.3 Å². The van der Waals surface area contributed by atoms with Crippen molar-refractivity contribution in [3.05, 3.63) is 49.1 Å². The standard InChI is InChI=1S/C10H14/c1-3-5-7-9-10-8-6-4-2/h3-8,10H,1,9H2,2H3/b6-4+,7-5+,10-8+. The highest BCUT2D eigenvalue weighted by molar-refractivity contribution is 5.06. The summed E-state index contributed by atoms with van der Waals surface area (Å²) in [5.74, 6) is 0. The first-order chi connectivity index (χ1) is 4.91. The van der Waals surface area contributed by atoms with E-state index in [-0.39, 0.29) is 0 Å². The lowest BCUT2D eigenvalue weighted by molar-refractivity contribution is 1.39. The summed E-state index contributed by atoms with van der Waals surface area (Å²) in [7, 11) is 0. The predicted octanol–water partition coefficient (Wildman–Crippen LogP) is 3.25. The summed E-state index contributed by atoms with van der Waals surface area (Å²) in [5.41, 5.74) is 0. The van der Waals surface area contributed by atoms with Gasteiger partial charge in [0.15, 0.2) is 0 Å². The minimum atomic E-state index is 0.982. The molecule has 0 saturated heterocycles. The first-order valence-electron chi connectivity index (χ1n) is 3.47. The van der Waals surface area contributed by atoms with Crippen LogP contribution in [0, 0.1) is 0 Å². The first kappa shape index (κ1) is 8.96. The van der Waals surface area contributed by atoms with Crippen LogP contribution in [0.4, 0.5) is 0 Å². The fourth-order valence-corrected chi connectivity index (χ4v) is 0.522. The van der Waals surface area contributed by atoms with Gasteiger partial charge in [0.1, 0.15) is 0 Å². The molecule has 0 amide bonds. The van der Waals surface area contributed by atoms with Crippen LogP contribution in [0.3, 0.4) is 0 Å². The van der Waals surface area contributed by atoms with Crippen LogP contribution < -0.4 is 0 Å². The molecule has 0 aliphatic rings. The smallest absolute Gasteiger partial charge is 0.0163 e. The second-order valence-electron chi connectivity index (χ2n) is 1.85.